The topological polar surface area (TPSA) is 71.8 Å². The molecule has 2 heterocycles. The number of rotatable bonds is 8. The molecule has 0 unspecified atom stereocenters. The summed E-state index contributed by atoms with van der Waals surface area (Å²) < 4.78 is 10.9. The molecule has 0 radical (unpaired) electrons. The lowest BCUT2D eigenvalue weighted by atomic mass is 10.1. The second kappa shape index (κ2) is 9.83. The highest BCUT2D eigenvalue weighted by Gasteiger charge is 2.36. The third kappa shape index (κ3) is 4.82. The summed E-state index contributed by atoms with van der Waals surface area (Å²) in [5, 5.41) is 5.08. The van der Waals surface area contributed by atoms with Gasteiger partial charge in [-0.25, -0.2) is 0 Å². The molecule has 0 bridgehead atoms. The third-order valence-electron chi connectivity index (χ3n) is 5.40. The smallest absolute Gasteiger partial charge is 0.295 e. The Labute approximate surface area is 185 Å². The van der Waals surface area contributed by atoms with E-state index in [1.807, 2.05) is 36.6 Å². The number of carbonyl (C=O) groups excluding carboxylic acids is 2. The molecule has 1 aromatic carbocycles. The molecule has 1 saturated carbocycles. The van der Waals surface area contributed by atoms with E-state index in [9.17, 15) is 9.59 Å². The number of thiophene rings is 1. The van der Waals surface area contributed by atoms with E-state index in [2.05, 4.69) is 5.32 Å². The van der Waals surface area contributed by atoms with Gasteiger partial charge in [0.05, 0.1) is 12.9 Å². The first kappa shape index (κ1) is 21.2. The maximum Gasteiger partial charge on any atom is 0.295 e. The van der Waals surface area contributed by atoms with Crippen molar-refractivity contribution in [2.45, 2.75) is 44.7 Å². The first-order valence-corrected chi connectivity index (χ1v) is 11.5. The van der Waals surface area contributed by atoms with Crippen molar-refractivity contribution in [3.05, 3.63) is 70.8 Å². The van der Waals surface area contributed by atoms with Crippen LogP contribution in [0.4, 0.5) is 5.69 Å². The van der Waals surface area contributed by atoms with Crippen LogP contribution in [0.25, 0.3) is 0 Å². The Hall–Kier alpha value is -3.06. The van der Waals surface area contributed by atoms with Crippen molar-refractivity contribution in [1.82, 2.24) is 5.32 Å². The van der Waals surface area contributed by atoms with Gasteiger partial charge in [0.15, 0.2) is 11.8 Å². The Bertz CT molecular complexity index is 977. The fourth-order valence-electron chi connectivity index (χ4n) is 3.94. The predicted molar refractivity (Wildman–Crippen MR) is 121 cm³/mol. The van der Waals surface area contributed by atoms with E-state index >= 15 is 0 Å². The molecule has 0 aliphatic heterocycles. The van der Waals surface area contributed by atoms with Crippen LogP contribution >= 0.6 is 11.3 Å². The van der Waals surface area contributed by atoms with E-state index in [-0.39, 0.29) is 23.6 Å². The molecule has 162 valence electrons. The highest BCUT2D eigenvalue weighted by atomic mass is 32.1. The fraction of sp³-hybridized carbons (Fsp3) is 0.333. The van der Waals surface area contributed by atoms with Gasteiger partial charge in [-0.3, -0.25) is 14.5 Å². The first-order valence-electron chi connectivity index (χ1n) is 10.6. The molecular formula is C24H26N2O4S. The number of nitrogens with one attached hydrogen (secondary N) is 1. The Morgan fingerprint density at radius 3 is 2.55 bits per heavy atom. The summed E-state index contributed by atoms with van der Waals surface area (Å²) in [6.45, 7) is 2.47. The number of nitrogens with zero attached hydrogens (tertiary/aromatic N) is 1. The minimum atomic E-state index is -0.795. The molecule has 2 amide bonds. The predicted octanol–water partition coefficient (Wildman–Crippen LogP) is 5.19. The van der Waals surface area contributed by atoms with Gasteiger partial charge in [-0.2, -0.15) is 0 Å². The Morgan fingerprint density at radius 1 is 1.16 bits per heavy atom. The van der Waals surface area contributed by atoms with Gasteiger partial charge in [-0.1, -0.05) is 18.9 Å². The lowest BCUT2D eigenvalue weighted by Crippen LogP contribution is -2.46. The van der Waals surface area contributed by atoms with Crippen molar-refractivity contribution in [1.29, 1.82) is 0 Å². The maximum absolute atomic E-state index is 13.5. The molecule has 31 heavy (non-hydrogen) atoms. The van der Waals surface area contributed by atoms with E-state index in [1.54, 1.807) is 24.3 Å². The summed E-state index contributed by atoms with van der Waals surface area (Å²) in [4.78, 5) is 29.3. The van der Waals surface area contributed by atoms with Crippen LogP contribution in [0, 0.1) is 0 Å². The fourth-order valence-corrected chi connectivity index (χ4v) is 4.76. The molecule has 0 spiro atoms. The van der Waals surface area contributed by atoms with E-state index in [1.165, 1.54) is 22.5 Å². The molecule has 1 aliphatic carbocycles. The minimum absolute atomic E-state index is 0.149. The van der Waals surface area contributed by atoms with Crippen LogP contribution in [0.1, 0.15) is 54.1 Å². The number of carbonyl (C=O) groups is 2. The zero-order valence-corrected chi connectivity index (χ0v) is 18.3. The molecule has 1 fully saturated rings. The Kier molecular flexibility index (Phi) is 6.72. The number of furan rings is 1. The number of hydrogen-bond donors (Lipinski definition) is 1. The van der Waals surface area contributed by atoms with Gasteiger partial charge >= 0.3 is 0 Å². The van der Waals surface area contributed by atoms with E-state index in [4.69, 9.17) is 9.15 Å². The number of amides is 2. The number of ether oxygens (including phenoxy) is 1. The van der Waals surface area contributed by atoms with Crippen molar-refractivity contribution in [2.24, 2.45) is 0 Å². The van der Waals surface area contributed by atoms with Gasteiger partial charge in [0, 0.05) is 16.6 Å². The highest BCUT2D eigenvalue weighted by Crippen LogP contribution is 2.33. The third-order valence-corrected chi connectivity index (χ3v) is 6.32. The number of hydrogen-bond acceptors (Lipinski definition) is 5. The molecule has 2 aromatic heterocycles. The van der Waals surface area contributed by atoms with Gasteiger partial charge in [-0.15, -0.1) is 11.3 Å². The van der Waals surface area contributed by atoms with E-state index < -0.39 is 6.04 Å². The summed E-state index contributed by atoms with van der Waals surface area (Å²) >= 11 is 1.46. The standard InChI is InChI=1S/C24H26N2O4S/c1-2-29-19-13-11-18(12-14-19)26(24(28)20-9-5-15-30-20)22(21-10-6-16-31-21)23(27)25-17-7-3-4-8-17/h5-6,9-17,22H,2-4,7-8H2,1H3,(H,25,27)/t22-/m0/s1. The van der Waals surface area contributed by atoms with Crippen LogP contribution in [-0.2, 0) is 4.79 Å². The van der Waals surface area contributed by atoms with Crippen molar-refractivity contribution in [2.75, 3.05) is 11.5 Å². The molecule has 1 N–H and O–H groups in total. The summed E-state index contributed by atoms with van der Waals surface area (Å²) in [5.74, 6) is 0.348. The summed E-state index contributed by atoms with van der Waals surface area (Å²) in [6, 6.07) is 13.6. The van der Waals surface area contributed by atoms with Crippen molar-refractivity contribution < 1.29 is 18.7 Å². The molecule has 6 nitrogen and oxygen atoms in total. The van der Waals surface area contributed by atoms with Crippen molar-refractivity contribution >= 4 is 28.8 Å². The Balaban J connectivity index is 1.73. The zero-order chi connectivity index (χ0) is 21.6. The minimum Gasteiger partial charge on any atom is -0.494 e. The average Bonchev–Trinajstić information content (AvgIpc) is 3.56. The lowest BCUT2D eigenvalue weighted by molar-refractivity contribution is -0.123. The van der Waals surface area contributed by atoms with Gasteiger partial charge in [0.1, 0.15) is 5.75 Å². The SMILES string of the molecule is CCOc1ccc(N(C(=O)c2ccco2)[C@H](C(=O)NC2CCCC2)c2cccs2)cc1. The highest BCUT2D eigenvalue weighted by molar-refractivity contribution is 7.10. The average molecular weight is 439 g/mol. The molecule has 1 atom stereocenters. The van der Waals surface area contributed by atoms with Crippen LogP contribution < -0.4 is 15.0 Å². The van der Waals surface area contributed by atoms with Gasteiger partial charge < -0.3 is 14.5 Å². The summed E-state index contributed by atoms with van der Waals surface area (Å²) in [5.41, 5.74) is 0.602. The molecular weight excluding hydrogens is 412 g/mol. The van der Waals surface area contributed by atoms with Crippen LogP contribution in [0.5, 0.6) is 5.75 Å². The lowest BCUT2D eigenvalue weighted by Gasteiger charge is -2.31. The van der Waals surface area contributed by atoms with Gasteiger partial charge in [-0.05, 0) is 67.6 Å². The first-order chi connectivity index (χ1) is 15.2. The normalized spacial score (nSPS) is 14.9. The van der Waals surface area contributed by atoms with E-state index in [0.29, 0.717) is 18.0 Å². The zero-order valence-electron chi connectivity index (χ0n) is 17.5. The van der Waals surface area contributed by atoms with E-state index in [0.717, 1.165) is 30.6 Å². The second-order valence-corrected chi connectivity index (χ2v) is 8.47. The molecule has 7 heteroatoms. The maximum atomic E-state index is 13.5. The number of anilines is 1. The van der Waals surface area contributed by atoms with Crippen LogP contribution in [0.15, 0.2) is 64.6 Å². The van der Waals surface area contributed by atoms with Crippen LogP contribution in [-0.4, -0.2) is 24.5 Å². The van der Waals surface area contributed by atoms with Crippen molar-refractivity contribution in [3.63, 3.8) is 0 Å². The largest absolute Gasteiger partial charge is 0.494 e. The number of benzene rings is 1. The monoisotopic (exact) mass is 438 g/mol. The van der Waals surface area contributed by atoms with Gasteiger partial charge in [0.25, 0.3) is 5.91 Å². The Morgan fingerprint density at radius 2 is 1.94 bits per heavy atom. The van der Waals surface area contributed by atoms with Gasteiger partial charge in [0.2, 0.25) is 5.91 Å². The summed E-state index contributed by atoms with van der Waals surface area (Å²) in [7, 11) is 0. The van der Waals surface area contributed by atoms with Crippen LogP contribution in [0.2, 0.25) is 0 Å². The quantitative estimate of drug-likeness (QED) is 0.526. The molecule has 0 saturated heterocycles. The second-order valence-electron chi connectivity index (χ2n) is 7.49. The summed E-state index contributed by atoms with van der Waals surface area (Å²) in [6.07, 6.45) is 5.63. The molecule has 1 aliphatic rings. The van der Waals surface area contributed by atoms with Crippen LogP contribution in [0.3, 0.4) is 0 Å². The molecule has 4 rings (SSSR count). The van der Waals surface area contributed by atoms with Crippen molar-refractivity contribution in [3.8, 4) is 5.75 Å². The molecule has 3 aromatic rings.